The van der Waals surface area contributed by atoms with Crippen LogP contribution >= 0.6 is 0 Å². The Bertz CT molecular complexity index is 1280. The van der Waals surface area contributed by atoms with Crippen LogP contribution < -0.4 is 0 Å². The van der Waals surface area contributed by atoms with Gasteiger partial charge in [0.25, 0.3) is 5.91 Å². The highest BCUT2D eigenvalue weighted by Gasteiger charge is 2.30. The van der Waals surface area contributed by atoms with Crippen molar-refractivity contribution in [1.29, 1.82) is 0 Å². The van der Waals surface area contributed by atoms with Crippen molar-refractivity contribution in [3.63, 3.8) is 0 Å². The van der Waals surface area contributed by atoms with Gasteiger partial charge in [-0.15, -0.1) is 0 Å². The molecule has 1 aromatic heterocycles. The fourth-order valence-corrected chi connectivity index (χ4v) is 5.16. The Balaban J connectivity index is 0.992. The number of aromatic nitrogens is 3. The summed E-state index contributed by atoms with van der Waals surface area (Å²) in [6.45, 7) is 5.13. The van der Waals surface area contributed by atoms with E-state index in [1.165, 1.54) is 12.1 Å². The van der Waals surface area contributed by atoms with E-state index in [1.54, 1.807) is 23.1 Å². The van der Waals surface area contributed by atoms with Crippen LogP contribution in [0, 0.1) is 5.92 Å². The first-order chi connectivity index (χ1) is 18.8. The van der Waals surface area contributed by atoms with Gasteiger partial charge in [-0.25, -0.2) is 4.79 Å². The van der Waals surface area contributed by atoms with Crippen LogP contribution in [-0.4, -0.2) is 94.5 Å². The molecule has 5 rings (SSSR count). The molecule has 208 valence electrons. The van der Waals surface area contributed by atoms with E-state index in [1.807, 2.05) is 4.90 Å². The van der Waals surface area contributed by atoms with Crippen molar-refractivity contribution in [2.75, 3.05) is 52.4 Å². The number of amides is 2. The number of hydrogen-bond acceptors (Lipinski definition) is 6. The largest absolute Gasteiger partial charge is 0.449 e. The number of aromatic amines is 1. The van der Waals surface area contributed by atoms with Crippen LogP contribution in [0.25, 0.3) is 11.0 Å². The lowest BCUT2D eigenvalue weighted by atomic mass is 9.95. The van der Waals surface area contributed by atoms with Crippen molar-refractivity contribution < 1.29 is 27.5 Å². The maximum Gasteiger partial charge on any atom is 0.416 e. The fraction of sp³-hybridized carbons (Fsp3) is 0.481. The Morgan fingerprint density at radius 3 is 2.28 bits per heavy atom. The van der Waals surface area contributed by atoms with Crippen LogP contribution in [0.1, 0.15) is 34.3 Å². The van der Waals surface area contributed by atoms with Crippen molar-refractivity contribution in [2.24, 2.45) is 5.92 Å². The van der Waals surface area contributed by atoms with Crippen LogP contribution in [0.5, 0.6) is 0 Å². The topological polar surface area (TPSA) is 94.7 Å². The number of piperidine rings is 1. The van der Waals surface area contributed by atoms with Gasteiger partial charge in [0, 0.05) is 57.8 Å². The molecule has 0 unspecified atom stereocenters. The van der Waals surface area contributed by atoms with Crippen molar-refractivity contribution in [3.05, 3.63) is 59.2 Å². The molecule has 2 fully saturated rings. The Morgan fingerprint density at radius 1 is 0.897 bits per heavy atom. The minimum atomic E-state index is -4.36. The van der Waals surface area contributed by atoms with Gasteiger partial charge in [-0.2, -0.15) is 28.6 Å². The van der Waals surface area contributed by atoms with E-state index in [-0.39, 0.29) is 12.5 Å². The van der Waals surface area contributed by atoms with Gasteiger partial charge in [-0.1, -0.05) is 12.1 Å². The summed E-state index contributed by atoms with van der Waals surface area (Å²) in [7, 11) is 0. The zero-order valence-electron chi connectivity index (χ0n) is 21.5. The monoisotopic (exact) mass is 544 g/mol. The number of alkyl halides is 3. The third-order valence-corrected chi connectivity index (χ3v) is 7.51. The summed E-state index contributed by atoms with van der Waals surface area (Å²) in [5.74, 6) is 0.512. The second-order valence-corrected chi connectivity index (χ2v) is 10.1. The quantitative estimate of drug-likeness (QED) is 0.507. The van der Waals surface area contributed by atoms with E-state index in [0.29, 0.717) is 55.2 Å². The van der Waals surface area contributed by atoms with E-state index in [0.717, 1.165) is 50.1 Å². The molecule has 0 radical (unpaired) electrons. The number of benzene rings is 2. The van der Waals surface area contributed by atoms with E-state index in [9.17, 15) is 22.8 Å². The maximum absolute atomic E-state index is 12.9. The molecule has 2 amide bonds. The molecule has 0 aliphatic carbocycles. The maximum atomic E-state index is 12.9. The van der Waals surface area contributed by atoms with Crippen molar-refractivity contribution in [1.82, 2.24) is 30.1 Å². The first-order valence-electron chi connectivity index (χ1n) is 13.2. The number of halogens is 3. The molecule has 9 nitrogen and oxygen atoms in total. The van der Waals surface area contributed by atoms with E-state index < -0.39 is 17.8 Å². The lowest BCUT2D eigenvalue weighted by Gasteiger charge is -2.38. The normalized spacial score (nSPS) is 17.5. The van der Waals surface area contributed by atoms with Gasteiger partial charge in [0.05, 0.1) is 12.2 Å². The number of nitrogens with zero attached hydrogens (tertiary/aromatic N) is 5. The summed E-state index contributed by atoms with van der Waals surface area (Å²) in [6.07, 6.45) is -2.52. The number of carbonyl (C=O) groups excluding carboxylic acids is 2. The third-order valence-electron chi connectivity index (χ3n) is 7.51. The highest BCUT2D eigenvalue weighted by Crippen LogP contribution is 2.29. The predicted octanol–water partition coefficient (Wildman–Crippen LogP) is 3.83. The first-order valence-corrected chi connectivity index (χ1v) is 13.2. The highest BCUT2D eigenvalue weighted by molar-refractivity contribution is 5.97. The number of likely N-dealkylation sites (tertiary alicyclic amines) is 1. The molecule has 1 N–H and O–H groups in total. The lowest BCUT2D eigenvalue weighted by molar-refractivity contribution is -0.137. The predicted molar refractivity (Wildman–Crippen MR) is 137 cm³/mol. The number of fused-ring (bicyclic) bond motifs is 1. The molecular weight excluding hydrogens is 513 g/mol. The number of hydrogen-bond donors (Lipinski definition) is 1. The summed E-state index contributed by atoms with van der Waals surface area (Å²) in [6, 6.07) is 10.3. The number of H-pyrrole nitrogens is 1. The minimum absolute atomic E-state index is 0.0174. The molecule has 3 aromatic rings. The summed E-state index contributed by atoms with van der Waals surface area (Å²) < 4.78 is 43.4. The SMILES string of the molecule is O=C(OCCc1ccc(C(F)(F)F)cc1)N1CCN(CC2CCN(C(=O)c3ccc4n[nH]nc4c3)CC2)CC1. The Hall–Kier alpha value is -3.67. The number of ether oxygens (including phenoxy) is 1. The summed E-state index contributed by atoms with van der Waals surface area (Å²) in [5, 5.41) is 10.7. The van der Waals surface area contributed by atoms with Crippen molar-refractivity contribution in [3.8, 4) is 0 Å². The summed E-state index contributed by atoms with van der Waals surface area (Å²) >= 11 is 0. The molecular formula is C27H31F3N6O3. The molecule has 3 heterocycles. The van der Waals surface area contributed by atoms with Gasteiger partial charge in [0.15, 0.2) is 0 Å². The van der Waals surface area contributed by atoms with Gasteiger partial charge in [0.1, 0.15) is 11.0 Å². The lowest BCUT2D eigenvalue weighted by Crippen LogP contribution is -2.51. The smallest absolute Gasteiger partial charge is 0.416 e. The van der Waals surface area contributed by atoms with Crippen LogP contribution in [0.15, 0.2) is 42.5 Å². The van der Waals surface area contributed by atoms with Crippen LogP contribution in [0.3, 0.4) is 0 Å². The van der Waals surface area contributed by atoms with E-state index >= 15 is 0 Å². The second-order valence-electron chi connectivity index (χ2n) is 10.1. The molecule has 2 aliphatic rings. The second kappa shape index (κ2) is 11.6. The van der Waals surface area contributed by atoms with Crippen LogP contribution in [0.4, 0.5) is 18.0 Å². The zero-order chi connectivity index (χ0) is 27.4. The van der Waals surface area contributed by atoms with Gasteiger partial charge in [0.2, 0.25) is 0 Å². The number of nitrogens with one attached hydrogen (secondary N) is 1. The fourth-order valence-electron chi connectivity index (χ4n) is 5.16. The molecule has 2 aromatic carbocycles. The molecule has 39 heavy (non-hydrogen) atoms. The van der Waals surface area contributed by atoms with Crippen LogP contribution in [0.2, 0.25) is 0 Å². The zero-order valence-corrected chi connectivity index (χ0v) is 21.5. The number of piperazine rings is 1. The molecule has 12 heteroatoms. The van der Waals surface area contributed by atoms with Crippen LogP contribution in [-0.2, 0) is 17.3 Å². The third kappa shape index (κ3) is 6.67. The van der Waals surface area contributed by atoms with Gasteiger partial charge in [-0.3, -0.25) is 9.69 Å². The standard InChI is InChI=1S/C27H31F3N6O3/c28-27(29,30)22-4-1-19(2-5-22)9-16-39-26(38)36-14-12-34(13-15-36)18-20-7-10-35(11-8-20)25(37)21-3-6-23-24(17-21)32-33-31-23/h1-6,17,20H,7-16,18H2,(H,31,32,33). The van der Waals surface area contributed by atoms with E-state index in [4.69, 9.17) is 4.74 Å². The molecule has 0 bridgehead atoms. The molecule has 0 spiro atoms. The average molecular weight is 545 g/mol. The highest BCUT2D eigenvalue weighted by atomic mass is 19.4. The van der Waals surface area contributed by atoms with E-state index in [2.05, 4.69) is 20.3 Å². The van der Waals surface area contributed by atoms with Gasteiger partial charge in [-0.05, 0) is 54.7 Å². The summed E-state index contributed by atoms with van der Waals surface area (Å²) in [5.41, 5.74) is 2.03. The van der Waals surface area contributed by atoms with Crippen molar-refractivity contribution in [2.45, 2.75) is 25.4 Å². The summed E-state index contributed by atoms with van der Waals surface area (Å²) in [4.78, 5) is 31.3. The molecule has 2 saturated heterocycles. The first kappa shape index (κ1) is 26.9. The Morgan fingerprint density at radius 2 is 1.59 bits per heavy atom. The molecule has 0 saturated carbocycles. The van der Waals surface area contributed by atoms with Crippen molar-refractivity contribution >= 4 is 23.0 Å². The number of rotatable bonds is 6. The van der Waals surface area contributed by atoms with Gasteiger partial charge < -0.3 is 14.5 Å². The Labute approximate surface area is 223 Å². The number of carbonyl (C=O) groups is 2. The Kier molecular flexibility index (Phi) is 8.01. The molecule has 2 aliphatic heterocycles. The average Bonchev–Trinajstić information content (AvgIpc) is 3.41. The molecule has 0 atom stereocenters. The minimum Gasteiger partial charge on any atom is -0.449 e. The van der Waals surface area contributed by atoms with Gasteiger partial charge >= 0.3 is 12.3 Å².